The van der Waals surface area contributed by atoms with E-state index in [2.05, 4.69) is 16.4 Å². The standard InChI is InChI=1S/C16H18N4O3/c17-9-11(8-10-2-1-3-13(10)21)19-16(23)12-4-5-14-18-7-6-15(22)20(12)14/h6-7,10-12H,1-5,8H2,(H,19,23). The van der Waals surface area contributed by atoms with Gasteiger partial charge in [-0.3, -0.25) is 19.0 Å². The second-order valence-electron chi connectivity index (χ2n) is 6.11. The fourth-order valence-electron chi connectivity index (χ4n) is 3.45. The number of ketones is 1. The highest BCUT2D eigenvalue weighted by molar-refractivity contribution is 5.83. The molecule has 3 unspecified atom stereocenters. The van der Waals surface area contributed by atoms with E-state index in [1.165, 1.54) is 16.8 Å². The summed E-state index contributed by atoms with van der Waals surface area (Å²) in [5, 5.41) is 11.9. The minimum Gasteiger partial charge on any atom is -0.339 e. The molecule has 1 aromatic heterocycles. The summed E-state index contributed by atoms with van der Waals surface area (Å²) in [6.45, 7) is 0. The maximum absolute atomic E-state index is 12.5. The van der Waals surface area contributed by atoms with E-state index in [9.17, 15) is 19.6 Å². The van der Waals surface area contributed by atoms with Gasteiger partial charge < -0.3 is 5.32 Å². The van der Waals surface area contributed by atoms with Crippen molar-refractivity contribution in [3.63, 3.8) is 0 Å². The SMILES string of the molecule is N#CC(CC1CCCC1=O)NC(=O)C1CCc2nccc(=O)n21. The molecule has 1 N–H and O–H groups in total. The van der Waals surface area contributed by atoms with E-state index >= 15 is 0 Å². The van der Waals surface area contributed by atoms with Crippen LogP contribution in [0, 0.1) is 17.2 Å². The molecule has 0 spiro atoms. The van der Waals surface area contributed by atoms with Crippen LogP contribution in [0.5, 0.6) is 0 Å². The summed E-state index contributed by atoms with van der Waals surface area (Å²) in [4.78, 5) is 40.2. The first-order valence-electron chi connectivity index (χ1n) is 7.89. The Labute approximate surface area is 133 Å². The number of amides is 1. The van der Waals surface area contributed by atoms with Crippen LogP contribution in [0.1, 0.15) is 44.0 Å². The van der Waals surface area contributed by atoms with Gasteiger partial charge in [-0.25, -0.2) is 4.98 Å². The molecule has 3 atom stereocenters. The van der Waals surface area contributed by atoms with Crippen molar-refractivity contribution in [1.29, 1.82) is 5.26 Å². The predicted molar refractivity (Wildman–Crippen MR) is 80.4 cm³/mol. The third kappa shape index (κ3) is 3.02. The molecule has 23 heavy (non-hydrogen) atoms. The van der Waals surface area contributed by atoms with E-state index in [1.807, 2.05) is 0 Å². The number of aromatic nitrogens is 2. The largest absolute Gasteiger partial charge is 0.339 e. The number of hydrogen-bond donors (Lipinski definition) is 1. The van der Waals surface area contributed by atoms with Crippen molar-refractivity contribution in [2.24, 2.45) is 5.92 Å². The zero-order chi connectivity index (χ0) is 16.4. The second-order valence-corrected chi connectivity index (χ2v) is 6.11. The minimum absolute atomic E-state index is 0.139. The van der Waals surface area contributed by atoms with Crippen LogP contribution < -0.4 is 10.9 Å². The highest BCUT2D eigenvalue weighted by atomic mass is 16.2. The van der Waals surface area contributed by atoms with E-state index in [0.29, 0.717) is 31.5 Å². The van der Waals surface area contributed by atoms with Crippen molar-refractivity contribution in [2.75, 3.05) is 0 Å². The van der Waals surface area contributed by atoms with Crippen LogP contribution in [0.3, 0.4) is 0 Å². The molecule has 0 aromatic carbocycles. The lowest BCUT2D eigenvalue weighted by molar-refractivity contribution is -0.125. The molecule has 1 fully saturated rings. The highest BCUT2D eigenvalue weighted by Gasteiger charge is 2.33. The molecule has 1 aromatic rings. The number of nitrogens with one attached hydrogen (secondary N) is 1. The number of carbonyl (C=O) groups is 2. The lowest BCUT2D eigenvalue weighted by atomic mass is 9.98. The molecule has 0 radical (unpaired) electrons. The average Bonchev–Trinajstić information content (AvgIpc) is 3.14. The third-order valence-corrected chi connectivity index (χ3v) is 4.64. The number of rotatable bonds is 4. The van der Waals surface area contributed by atoms with Crippen LogP contribution in [-0.2, 0) is 16.0 Å². The molecule has 3 rings (SSSR count). The van der Waals surface area contributed by atoms with Gasteiger partial charge >= 0.3 is 0 Å². The summed E-state index contributed by atoms with van der Waals surface area (Å²) < 4.78 is 1.39. The molecular weight excluding hydrogens is 296 g/mol. The molecule has 1 amide bonds. The van der Waals surface area contributed by atoms with E-state index in [0.717, 1.165) is 12.8 Å². The minimum atomic E-state index is -0.703. The van der Waals surface area contributed by atoms with Crippen molar-refractivity contribution in [3.8, 4) is 6.07 Å². The van der Waals surface area contributed by atoms with Crippen molar-refractivity contribution < 1.29 is 9.59 Å². The molecule has 0 bridgehead atoms. The monoisotopic (exact) mass is 314 g/mol. The van der Waals surface area contributed by atoms with Crippen LogP contribution in [0.25, 0.3) is 0 Å². The van der Waals surface area contributed by atoms with Gasteiger partial charge in [0.05, 0.1) is 6.07 Å². The van der Waals surface area contributed by atoms with Crippen LogP contribution >= 0.6 is 0 Å². The van der Waals surface area contributed by atoms with E-state index in [-0.39, 0.29) is 23.2 Å². The van der Waals surface area contributed by atoms with Gasteiger partial charge in [-0.1, -0.05) is 0 Å². The van der Waals surface area contributed by atoms with E-state index < -0.39 is 12.1 Å². The first-order valence-corrected chi connectivity index (χ1v) is 7.89. The molecule has 1 aliphatic heterocycles. The molecule has 120 valence electrons. The summed E-state index contributed by atoms with van der Waals surface area (Å²) in [6, 6.07) is 2.06. The fourth-order valence-corrected chi connectivity index (χ4v) is 3.45. The Kier molecular flexibility index (Phi) is 4.24. The number of carbonyl (C=O) groups excluding carboxylic acids is 2. The van der Waals surface area contributed by atoms with Crippen molar-refractivity contribution in [2.45, 2.75) is 50.6 Å². The molecule has 1 aliphatic carbocycles. The normalized spacial score (nSPS) is 24.0. The lowest BCUT2D eigenvalue weighted by Gasteiger charge is -2.18. The Morgan fingerprint density at radius 1 is 1.43 bits per heavy atom. The number of fused-ring (bicyclic) bond motifs is 1. The predicted octanol–water partition coefficient (Wildman–Crippen LogP) is 0.498. The van der Waals surface area contributed by atoms with Crippen molar-refractivity contribution >= 4 is 11.7 Å². The Hall–Kier alpha value is -2.49. The Bertz CT molecular complexity index is 734. The topological polar surface area (TPSA) is 105 Å². The number of Topliss-reactive ketones (excluding diaryl/α,β-unsaturated/α-hetero) is 1. The Balaban J connectivity index is 1.69. The van der Waals surface area contributed by atoms with Gasteiger partial charge in [-0.15, -0.1) is 0 Å². The number of nitrogens with zero attached hydrogens (tertiary/aromatic N) is 3. The molecule has 1 saturated carbocycles. The molecule has 7 nitrogen and oxygen atoms in total. The smallest absolute Gasteiger partial charge is 0.254 e. The van der Waals surface area contributed by atoms with E-state index in [4.69, 9.17) is 0 Å². The third-order valence-electron chi connectivity index (χ3n) is 4.64. The van der Waals surface area contributed by atoms with Gasteiger partial charge in [0.1, 0.15) is 23.7 Å². The van der Waals surface area contributed by atoms with Gasteiger partial charge in [0.15, 0.2) is 0 Å². The van der Waals surface area contributed by atoms with Gasteiger partial charge in [0.25, 0.3) is 5.56 Å². The number of nitriles is 1. The fraction of sp³-hybridized carbons (Fsp3) is 0.562. The summed E-state index contributed by atoms with van der Waals surface area (Å²) in [5.41, 5.74) is -0.257. The molecule has 2 aliphatic rings. The molecule has 0 saturated heterocycles. The summed E-state index contributed by atoms with van der Waals surface area (Å²) in [6.07, 6.45) is 5.05. The number of aryl methyl sites for hydroxylation is 1. The quantitative estimate of drug-likeness (QED) is 0.871. The molecule has 7 heteroatoms. The zero-order valence-electron chi connectivity index (χ0n) is 12.7. The Morgan fingerprint density at radius 2 is 2.26 bits per heavy atom. The van der Waals surface area contributed by atoms with Crippen molar-refractivity contribution in [1.82, 2.24) is 14.9 Å². The summed E-state index contributed by atoms with van der Waals surface area (Å²) in [5.74, 6) is 0.277. The van der Waals surface area contributed by atoms with Crippen molar-refractivity contribution in [3.05, 3.63) is 28.4 Å². The average molecular weight is 314 g/mol. The van der Waals surface area contributed by atoms with Crippen LogP contribution in [-0.4, -0.2) is 27.3 Å². The van der Waals surface area contributed by atoms with E-state index in [1.54, 1.807) is 0 Å². The first-order chi connectivity index (χ1) is 11.1. The van der Waals surface area contributed by atoms with Gasteiger partial charge in [0, 0.05) is 31.0 Å². The second kappa shape index (κ2) is 6.32. The van der Waals surface area contributed by atoms with Crippen LogP contribution in [0.4, 0.5) is 0 Å². The Morgan fingerprint density at radius 3 is 2.96 bits per heavy atom. The van der Waals surface area contributed by atoms with Gasteiger partial charge in [-0.05, 0) is 25.7 Å². The van der Waals surface area contributed by atoms with Crippen LogP contribution in [0.2, 0.25) is 0 Å². The number of hydrogen-bond acceptors (Lipinski definition) is 5. The molecule has 2 heterocycles. The van der Waals surface area contributed by atoms with Crippen LogP contribution in [0.15, 0.2) is 17.1 Å². The highest BCUT2D eigenvalue weighted by Crippen LogP contribution is 2.26. The van der Waals surface area contributed by atoms with Gasteiger partial charge in [0.2, 0.25) is 5.91 Å². The maximum atomic E-state index is 12.5. The van der Waals surface area contributed by atoms with Gasteiger partial charge in [-0.2, -0.15) is 5.26 Å². The summed E-state index contributed by atoms with van der Waals surface area (Å²) >= 11 is 0. The summed E-state index contributed by atoms with van der Waals surface area (Å²) in [7, 11) is 0. The first kappa shape index (κ1) is 15.4. The maximum Gasteiger partial charge on any atom is 0.254 e. The zero-order valence-corrected chi connectivity index (χ0v) is 12.7. The molecular formula is C16H18N4O3. The lowest BCUT2D eigenvalue weighted by Crippen LogP contribution is -2.41.